The van der Waals surface area contributed by atoms with Gasteiger partial charge in [0.05, 0.1) is 26.5 Å². The molecule has 32 heavy (non-hydrogen) atoms. The van der Waals surface area contributed by atoms with Crippen LogP contribution in [0.5, 0.6) is 11.5 Å². The Bertz CT molecular complexity index is 870. The summed E-state index contributed by atoms with van der Waals surface area (Å²) in [6, 6.07) is 8.19. The molecule has 3 rings (SSSR count). The highest BCUT2D eigenvalue weighted by Crippen LogP contribution is 2.28. The average molecular weight is 444 g/mol. The van der Waals surface area contributed by atoms with Crippen LogP contribution in [0.2, 0.25) is 0 Å². The Kier molecular flexibility index (Phi) is 8.79. The molecule has 0 aliphatic carbocycles. The molecular formula is C24H37N5O3. The third kappa shape index (κ3) is 5.94. The molecule has 0 atom stereocenters. The van der Waals surface area contributed by atoms with E-state index in [4.69, 9.17) is 14.0 Å². The zero-order chi connectivity index (χ0) is 22.9. The van der Waals surface area contributed by atoms with Crippen LogP contribution in [0.1, 0.15) is 49.6 Å². The summed E-state index contributed by atoms with van der Waals surface area (Å²) in [7, 11) is 5.16. The number of nitrogens with one attached hydrogen (secondary N) is 1. The van der Waals surface area contributed by atoms with Gasteiger partial charge in [0, 0.05) is 51.8 Å². The van der Waals surface area contributed by atoms with Crippen LogP contribution in [0.4, 0.5) is 0 Å². The van der Waals surface area contributed by atoms with Crippen LogP contribution < -0.4 is 14.8 Å². The quantitative estimate of drug-likeness (QED) is 0.470. The second-order valence-electron chi connectivity index (χ2n) is 8.08. The van der Waals surface area contributed by atoms with E-state index in [0.717, 1.165) is 74.5 Å². The summed E-state index contributed by atoms with van der Waals surface area (Å²) in [5.74, 6) is 3.74. The molecule has 2 heterocycles. The summed E-state index contributed by atoms with van der Waals surface area (Å²) in [5, 5.41) is 7.68. The van der Waals surface area contributed by atoms with Crippen LogP contribution in [0.3, 0.4) is 0 Å². The SMILES string of the molecule is CCC(CC)c1cc(CNC(=NC)N2CCN(Cc3ccc(OC)c(OC)c3)CC2)on1. The number of rotatable bonds is 9. The van der Waals surface area contributed by atoms with Gasteiger partial charge in [-0.05, 0) is 30.5 Å². The molecule has 0 saturated carbocycles. The van der Waals surface area contributed by atoms with E-state index in [1.165, 1.54) is 5.56 Å². The maximum Gasteiger partial charge on any atom is 0.194 e. The van der Waals surface area contributed by atoms with E-state index in [0.29, 0.717) is 12.5 Å². The molecule has 0 bridgehead atoms. The predicted octanol–water partition coefficient (Wildman–Crippen LogP) is 3.49. The molecule has 2 aromatic rings. The van der Waals surface area contributed by atoms with Crippen molar-refractivity contribution in [3.8, 4) is 11.5 Å². The summed E-state index contributed by atoms with van der Waals surface area (Å²) in [5.41, 5.74) is 2.27. The van der Waals surface area contributed by atoms with Gasteiger partial charge in [0.15, 0.2) is 23.2 Å². The van der Waals surface area contributed by atoms with Crippen molar-refractivity contribution in [2.45, 2.75) is 45.7 Å². The monoisotopic (exact) mass is 443 g/mol. The van der Waals surface area contributed by atoms with Gasteiger partial charge in [-0.1, -0.05) is 25.1 Å². The summed E-state index contributed by atoms with van der Waals surface area (Å²) < 4.78 is 16.3. The number of ether oxygens (including phenoxy) is 2. The van der Waals surface area contributed by atoms with Gasteiger partial charge in [-0.25, -0.2) is 0 Å². The first-order chi connectivity index (χ1) is 15.6. The topological polar surface area (TPSA) is 75.4 Å². The fourth-order valence-corrected chi connectivity index (χ4v) is 4.17. The lowest BCUT2D eigenvalue weighted by Crippen LogP contribution is -2.52. The smallest absolute Gasteiger partial charge is 0.194 e. The van der Waals surface area contributed by atoms with Crippen LogP contribution in [0.25, 0.3) is 0 Å². The average Bonchev–Trinajstić information content (AvgIpc) is 3.30. The van der Waals surface area contributed by atoms with Gasteiger partial charge in [0.1, 0.15) is 0 Å². The van der Waals surface area contributed by atoms with Crippen molar-refractivity contribution in [3.63, 3.8) is 0 Å². The van der Waals surface area contributed by atoms with Gasteiger partial charge in [-0.2, -0.15) is 0 Å². The number of methoxy groups -OCH3 is 2. The number of guanidine groups is 1. The molecule has 1 aromatic heterocycles. The number of hydrogen-bond donors (Lipinski definition) is 1. The van der Waals surface area contributed by atoms with E-state index >= 15 is 0 Å². The first-order valence-corrected chi connectivity index (χ1v) is 11.5. The fraction of sp³-hybridized carbons (Fsp3) is 0.583. The van der Waals surface area contributed by atoms with Crippen LogP contribution in [-0.4, -0.2) is 68.4 Å². The van der Waals surface area contributed by atoms with E-state index < -0.39 is 0 Å². The van der Waals surface area contributed by atoms with Crippen molar-refractivity contribution >= 4 is 5.96 Å². The summed E-state index contributed by atoms with van der Waals surface area (Å²) in [4.78, 5) is 9.22. The van der Waals surface area contributed by atoms with Crippen molar-refractivity contribution in [1.29, 1.82) is 0 Å². The number of benzene rings is 1. The van der Waals surface area contributed by atoms with E-state index in [-0.39, 0.29) is 0 Å². The summed E-state index contributed by atoms with van der Waals surface area (Å²) in [6.45, 7) is 9.63. The van der Waals surface area contributed by atoms with Crippen molar-refractivity contribution in [3.05, 3.63) is 41.3 Å². The standard InChI is InChI=1S/C24H37N5O3/c1-6-19(7-2)21-15-20(32-27-21)16-26-24(25-3)29-12-10-28(11-13-29)17-18-8-9-22(30-4)23(14-18)31-5/h8-9,14-15,19H,6-7,10-13,16-17H2,1-5H3,(H,25,26). The second kappa shape index (κ2) is 11.8. The minimum atomic E-state index is 0.463. The van der Waals surface area contributed by atoms with E-state index in [2.05, 4.69) is 57.3 Å². The third-order valence-corrected chi connectivity index (χ3v) is 6.14. The molecule has 1 fully saturated rings. The Morgan fingerprint density at radius 2 is 1.81 bits per heavy atom. The van der Waals surface area contributed by atoms with Gasteiger partial charge < -0.3 is 24.2 Å². The molecule has 0 unspecified atom stereocenters. The lowest BCUT2D eigenvalue weighted by Gasteiger charge is -2.36. The van der Waals surface area contributed by atoms with Crippen molar-refractivity contribution in [2.24, 2.45) is 4.99 Å². The van der Waals surface area contributed by atoms with Crippen molar-refractivity contribution in [2.75, 3.05) is 47.4 Å². The van der Waals surface area contributed by atoms with Crippen molar-refractivity contribution in [1.82, 2.24) is 20.3 Å². The van der Waals surface area contributed by atoms with Crippen LogP contribution in [0.15, 0.2) is 33.8 Å². The lowest BCUT2D eigenvalue weighted by atomic mass is 9.99. The highest BCUT2D eigenvalue weighted by molar-refractivity contribution is 5.79. The summed E-state index contributed by atoms with van der Waals surface area (Å²) in [6.07, 6.45) is 2.15. The molecule has 1 aliphatic rings. The number of hydrogen-bond acceptors (Lipinski definition) is 6. The first-order valence-electron chi connectivity index (χ1n) is 11.5. The van der Waals surface area contributed by atoms with E-state index in [1.54, 1.807) is 14.2 Å². The highest BCUT2D eigenvalue weighted by atomic mass is 16.5. The summed E-state index contributed by atoms with van der Waals surface area (Å²) >= 11 is 0. The van der Waals surface area contributed by atoms with Crippen molar-refractivity contribution < 1.29 is 14.0 Å². The minimum absolute atomic E-state index is 0.463. The fourth-order valence-electron chi connectivity index (χ4n) is 4.17. The van der Waals surface area contributed by atoms with Crippen LogP contribution >= 0.6 is 0 Å². The molecule has 1 aliphatic heterocycles. The maximum absolute atomic E-state index is 5.54. The molecule has 8 nitrogen and oxygen atoms in total. The van der Waals surface area contributed by atoms with Gasteiger partial charge in [-0.15, -0.1) is 0 Å². The molecule has 0 amide bonds. The zero-order valence-electron chi connectivity index (χ0n) is 20.1. The van der Waals surface area contributed by atoms with Crippen LogP contribution in [0, 0.1) is 0 Å². The van der Waals surface area contributed by atoms with Crippen LogP contribution in [-0.2, 0) is 13.1 Å². The third-order valence-electron chi connectivity index (χ3n) is 6.14. The Labute approximate surface area is 191 Å². The van der Waals surface area contributed by atoms with E-state index in [9.17, 15) is 0 Å². The minimum Gasteiger partial charge on any atom is -0.493 e. The highest BCUT2D eigenvalue weighted by Gasteiger charge is 2.21. The maximum atomic E-state index is 5.54. The molecule has 8 heteroatoms. The van der Waals surface area contributed by atoms with Gasteiger partial charge in [0.2, 0.25) is 0 Å². The largest absolute Gasteiger partial charge is 0.493 e. The Morgan fingerprint density at radius 1 is 1.09 bits per heavy atom. The molecule has 0 radical (unpaired) electrons. The first kappa shape index (κ1) is 23.9. The Morgan fingerprint density at radius 3 is 2.44 bits per heavy atom. The number of aromatic nitrogens is 1. The van der Waals surface area contributed by atoms with Gasteiger partial charge in [-0.3, -0.25) is 9.89 Å². The molecule has 1 aromatic carbocycles. The predicted molar refractivity (Wildman–Crippen MR) is 126 cm³/mol. The normalized spacial score (nSPS) is 15.3. The Hall–Kier alpha value is -2.74. The lowest BCUT2D eigenvalue weighted by molar-refractivity contribution is 0.172. The van der Waals surface area contributed by atoms with Gasteiger partial charge >= 0.3 is 0 Å². The molecule has 1 N–H and O–H groups in total. The van der Waals surface area contributed by atoms with Gasteiger partial charge in [0.25, 0.3) is 0 Å². The molecule has 0 spiro atoms. The Balaban J connectivity index is 1.49. The van der Waals surface area contributed by atoms with E-state index in [1.807, 2.05) is 13.1 Å². The molecule has 176 valence electrons. The zero-order valence-corrected chi connectivity index (χ0v) is 20.1. The number of nitrogens with zero attached hydrogens (tertiary/aromatic N) is 4. The molecular weight excluding hydrogens is 406 g/mol. The number of aliphatic imine (C=N–C) groups is 1. The molecule has 1 saturated heterocycles. The number of piperazine rings is 1. The second-order valence-corrected chi connectivity index (χ2v) is 8.08.